The minimum Gasteiger partial charge on any atom is -0.409 e. The summed E-state index contributed by atoms with van der Waals surface area (Å²) in [5, 5.41) is 13.7. The second-order valence-electron chi connectivity index (χ2n) is 4.06. The van der Waals surface area contributed by atoms with Crippen molar-refractivity contribution in [3.05, 3.63) is 24.3 Å². The smallest absolute Gasteiger partial charge is 0.243 e. The molecule has 4 N–H and O–H groups in total. The number of amidine groups is 1. The van der Waals surface area contributed by atoms with Crippen molar-refractivity contribution < 1.29 is 18.4 Å². The number of nitrogens with zero attached hydrogens (tertiary/aromatic N) is 2. The molecule has 110 valence electrons. The Morgan fingerprint density at radius 3 is 2.40 bits per heavy atom. The predicted octanol–water partition coefficient (Wildman–Crippen LogP) is 0.0119. The van der Waals surface area contributed by atoms with Crippen molar-refractivity contribution >= 4 is 27.5 Å². The van der Waals surface area contributed by atoms with Crippen molar-refractivity contribution in [3.8, 4) is 0 Å². The lowest BCUT2D eigenvalue weighted by Gasteiger charge is -2.16. The van der Waals surface area contributed by atoms with Gasteiger partial charge in [-0.05, 0) is 24.3 Å². The van der Waals surface area contributed by atoms with Crippen LogP contribution in [-0.2, 0) is 14.8 Å². The van der Waals surface area contributed by atoms with Crippen molar-refractivity contribution in [1.82, 2.24) is 4.31 Å². The van der Waals surface area contributed by atoms with Crippen LogP contribution in [0.5, 0.6) is 0 Å². The summed E-state index contributed by atoms with van der Waals surface area (Å²) in [6.07, 6.45) is 0. The van der Waals surface area contributed by atoms with Crippen molar-refractivity contribution in [2.24, 2.45) is 10.9 Å². The molecule has 1 aromatic carbocycles. The van der Waals surface area contributed by atoms with Crippen LogP contribution >= 0.6 is 0 Å². The Hall–Kier alpha value is -2.13. The van der Waals surface area contributed by atoms with E-state index in [2.05, 4.69) is 10.5 Å². The number of hydrogen-bond acceptors (Lipinski definition) is 5. The molecule has 1 amide bonds. The molecule has 1 rings (SSSR count). The van der Waals surface area contributed by atoms with Crippen LogP contribution in [0.3, 0.4) is 0 Å². The minimum absolute atomic E-state index is 0.0415. The summed E-state index contributed by atoms with van der Waals surface area (Å²) < 4.78 is 25.3. The van der Waals surface area contributed by atoms with Crippen LogP contribution in [0, 0.1) is 0 Å². The number of amides is 1. The largest absolute Gasteiger partial charge is 0.409 e. The van der Waals surface area contributed by atoms with Gasteiger partial charge in [-0.1, -0.05) is 5.16 Å². The van der Waals surface area contributed by atoms with Gasteiger partial charge in [0.15, 0.2) is 5.84 Å². The maximum Gasteiger partial charge on any atom is 0.243 e. The van der Waals surface area contributed by atoms with Gasteiger partial charge in [0.1, 0.15) is 0 Å². The third-order valence-electron chi connectivity index (χ3n) is 2.40. The Morgan fingerprint density at radius 1 is 1.40 bits per heavy atom. The molecular weight excluding hydrogens is 284 g/mol. The summed E-state index contributed by atoms with van der Waals surface area (Å²) in [6.45, 7) is 1.13. The quantitative estimate of drug-likeness (QED) is 0.306. The highest BCUT2D eigenvalue weighted by Gasteiger charge is 2.21. The zero-order valence-electron chi connectivity index (χ0n) is 11.1. The summed E-state index contributed by atoms with van der Waals surface area (Å²) in [7, 11) is -2.43. The third-order valence-corrected chi connectivity index (χ3v) is 4.21. The first kappa shape index (κ1) is 15.9. The number of rotatable bonds is 5. The van der Waals surface area contributed by atoms with Crippen LogP contribution in [0.2, 0.25) is 0 Å². The summed E-state index contributed by atoms with van der Waals surface area (Å²) in [4.78, 5) is 10.9. The number of nitrogens with one attached hydrogen (secondary N) is 1. The summed E-state index contributed by atoms with van der Waals surface area (Å²) in [5.41, 5.74) is 5.77. The van der Waals surface area contributed by atoms with Crippen molar-refractivity contribution in [2.45, 2.75) is 11.8 Å². The Labute approximate surface area is 116 Å². The molecule has 0 fully saturated rings. The average Bonchev–Trinajstić information content (AvgIpc) is 2.38. The fourth-order valence-corrected chi connectivity index (χ4v) is 2.58. The van der Waals surface area contributed by atoms with E-state index >= 15 is 0 Å². The minimum atomic E-state index is -3.74. The number of benzene rings is 1. The van der Waals surface area contributed by atoms with Crippen LogP contribution < -0.4 is 11.1 Å². The second kappa shape index (κ2) is 6.35. The van der Waals surface area contributed by atoms with Crippen LogP contribution in [-0.4, -0.2) is 43.3 Å². The highest BCUT2D eigenvalue weighted by molar-refractivity contribution is 7.89. The van der Waals surface area contributed by atoms with Gasteiger partial charge in [0.25, 0.3) is 0 Å². The predicted molar refractivity (Wildman–Crippen MR) is 74.0 cm³/mol. The lowest BCUT2D eigenvalue weighted by Crippen LogP contribution is -2.35. The summed E-state index contributed by atoms with van der Waals surface area (Å²) in [5.74, 6) is -0.462. The number of likely N-dealkylation sites (N-methyl/N-ethyl adjacent to an activating group) is 1. The van der Waals surface area contributed by atoms with Crippen molar-refractivity contribution in [1.29, 1.82) is 0 Å². The van der Waals surface area contributed by atoms with E-state index in [-0.39, 0.29) is 23.2 Å². The van der Waals surface area contributed by atoms with E-state index in [1.54, 1.807) is 0 Å². The third kappa shape index (κ3) is 3.93. The van der Waals surface area contributed by atoms with Crippen LogP contribution in [0.15, 0.2) is 34.3 Å². The molecule has 0 saturated heterocycles. The molecular formula is C11H16N4O4S. The number of oxime groups is 1. The van der Waals surface area contributed by atoms with Gasteiger partial charge in [-0.15, -0.1) is 0 Å². The van der Waals surface area contributed by atoms with E-state index < -0.39 is 10.0 Å². The Balaban J connectivity index is 2.95. The van der Waals surface area contributed by atoms with Gasteiger partial charge in [0, 0.05) is 19.7 Å². The highest BCUT2D eigenvalue weighted by atomic mass is 32.2. The van der Waals surface area contributed by atoms with Crippen LogP contribution in [0.4, 0.5) is 5.69 Å². The molecule has 0 bridgehead atoms. The van der Waals surface area contributed by atoms with E-state index in [0.29, 0.717) is 5.69 Å². The highest BCUT2D eigenvalue weighted by Crippen LogP contribution is 2.17. The van der Waals surface area contributed by atoms with Gasteiger partial charge in [-0.3, -0.25) is 4.79 Å². The Bertz CT molecular complexity index is 610. The van der Waals surface area contributed by atoms with E-state index in [1.165, 1.54) is 38.2 Å². The maximum absolute atomic E-state index is 12.2. The molecule has 0 aliphatic heterocycles. The van der Waals surface area contributed by atoms with Gasteiger partial charge in [0.05, 0.1) is 11.4 Å². The van der Waals surface area contributed by atoms with E-state index in [0.717, 1.165) is 4.31 Å². The van der Waals surface area contributed by atoms with Crippen LogP contribution in [0.1, 0.15) is 6.92 Å². The number of carbonyl (C=O) groups excluding carboxylic acids is 1. The lowest BCUT2D eigenvalue weighted by molar-refractivity contribution is -0.114. The first-order chi connectivity index (χ1) is 9.27. The first-order valence-electron chi connectivity index (χ1n) is 5.57. The van der Waals surface area contributed by atoms with Gasteiger partial charge in [-0.25, -0.2) is 8.42 Å². The number of carbonyl (C=O) groups is 1. The van der Waals surface area contributed by atoms with Crippen molar-refractivity contribution in [3.63, 3.8) is 0 Å². The lowest BCUT2D eigenvalue weighted by atomic mass is 10.3. The van der Waals surface area contributed by atoms with Gasteiger partial charge >= 0.3 is 0 Å². The van der Waals surface area contributed by atoms with Gasteiger partial charge in [0.2, 0.25) is 15.9 Å². The molecule has 0 unspecified atom stereocenters. The Morgan fingerprint density at radius 2 is 1.95 bits per heavy atom. The van der Waals surface area contributed by atoms with E-state index in [4.69, 9.17) is 10.9 Å². The summed E-state index contributed by atoms with van der Waals surface area (Å²) >= 11 is 0. The second-order valence-corrected chi connectivity index (χ2v) is 6.10. The molecule has 0 heterocycles. The molecule has 0 saturated carbocycles. The normalized spacial score (nSPS) is 12.4. The fraction of sp³-hybridized carbons (Fsp3) is 0.273. The van der Waals surface area contributed by atoms with Crippen molar-refractivity contribution in [2.75, 3.05) is 18.9 Å². The van der Waals surface area contributed by atoms with E-state index in [9.17, 15) is 13.2 Å². The number of sulfonamides is 1. The number of hydrogen-bond donors (Lipinski definition) is 3. The van der Waals surface area contributed by atoms with E-state index in [1.807, 2.05) is 0 Å². The maximum atomic E-state index is 12.2. The molecule has 0 spiro atoms. The number of nitrogens with two attached hydrogens (primary N) is 1. The standard InChI is InChI=1S/C11H16N4O4S/c1-8(16)13-9-3-5-10(6-4-9)20(18,19)15(2)7-11(12)14-17/h3-6,17H,7H2,1-2H3,(H2,12,14)(H,13,16). The molecule has 9 heteroatoms. The zero-order chi connectivity index (χ0) is 15.3. The molecule has 20 heavy (non-hydrogen) atoms. The summed E-state index contributed by atoms with van der Waals surface area (Å²) in [6, 6.07) is 5.68. The molecule has 0 aromatic heterocycles. The molecule has 0 radical (unpaired) electrons. The monoisotopic (exact) mass is 300 g/mol. The van der Waals surface area contributed by atoms with Crippen LogP contribution in [0.25, 0.3) is 0 Å². The molecule has 1 aromatic rings. The topological polar surface area (TPSA) is 125 Å². The molecule has 0 aliphatic rings. The molecule has 8 nitrogen and oxygen atoms in total. The average molecular weight is 300 g/mol. The molecule has 0 aliphatic carbocycles. The van der Waals surface area contributed by atoms with Gasteiger partial charge < -0.3 is 16.3 Å². The zero-order valence-corrected chi connectivity index (χ0v) is 11.9. The first-order valence-corrected chi connectivity index (χ1v) is 7.01. The SMILES string of the molecule is CC(=O)Nc1ccc(S(=O)(=O)N(C)CC(N)=NO)cc1. The fourth-order valence-electron chi connectivity index (χ4n) is 1.44. The Kier molecular flexibility index (Phi) is 5.06. The molecule has 0 atom stereocenters. The van der Waals surface area contributed by atoms with Gasteiger partial charge in [-0.2, -0.15) is 4.31 Å². The number of anilines is 1.